The van der Waals surface area contributed by atoms with Gasteiger partial charge < -0.3 is 28.5 Å². The van der Waals surface area contributed by atoms with E-state index in [0.29, 0.717) is 37.9 Å². The first-order valence-electron chi connectivity index (χ1n) is 12.9. The molecule has 198 valence electrons. The second-order valence-corrected chi connectivity index (χ2v) is 11.8. The summed E-state index contributed by atoms with van der Waals surface area (Å²) in [5, 5.41) is 0. The molecule has 3 saturated heterocycles. The van der Waals surface area contributed by atoms with Crippen molar-refractivity contribution < 1.29 is 42.9 Å². The fraction of sp³-hybridized carbons (Fsp3) is 0.778. The fourth-order valence-electron chi connectivity index (χ4n) is 7.84. The minimum atomic E-state index is -1.21. The predicted molar refractivity (Wildman–Crippen MR) is 125 cm³/mol. The molecule has 3 aliphatic heterocycles. The molecule has 2 spiro atoms. The molecule has 3 heterocycles. The largest absolute Gasteiger partial charge is 0.463 e. The van der Waals surface area contributed by atoms with Crippen molar-refractivity contribution in [3.63, 3.8) is 0 Å². The molecule has 0 amide bonds. The van der Waals surface area contributed by atoms with E-state index in [2.05, 4.69) is 6.92 Å². The zero-order valence-electron chi connectivity index (χ0n) is 21.7. The van der Waals surface area contributed by atoms with Gasteiger partial charge in [0.1, 0.15) is 35.1 Å². The Morgan fingerprint density at radius 3 is 2.33 bits per heavy atom. The first kappa shape index (κ1) is 25.4. The second-order valence-electron chi connectivity index (χ2n) is 11.8. The number of cyclic esters (lactones) is 1. The van der Waals surface area contributed by atoms with Crippen LogP contribution in [0.2, 0.25) is 0 Å². The smallest absolute Gasteiger partial charge is 0.333 e. The van der Waals surface area contributed by atoms with E-state index in [4.69, 9.17) is 23.7 Å². The molecule has 5 aliphatic rings. The maximum Gasteiger partial charge on any atom is 0.333 e. The molecule has 9 heteroatoms. The van der Waals surface area contributed by atoms with Crippen molar-refractivity contribution in [2.45, 2.75) is 102 Å². The van der Waals surface area contributed by atoms with Gasteiger partial charge in [0, 0.05) is 17.9 Å². The third kappa shape index (κ3) is 3.20. The van der Waals surface area contributed by atoms with Crippen LogP contribution in [0.1, 0.15) is 73.1 Å². The van der Waals surface area contributed by atoms with Gasteiger partial charge >= 0.3 is 17.9 Å². The summed E-state index contributed by atoms with van der Waals surface area (Å²) in [6.07, 6.45) is 3.85. The highest BCUT2D eigenvalue weighted by molar-refractivity contribution is 5.88. The standard InChI is InChI=1S/C27H36O9/c1-6-16(2)22(31)35-21-20(34-17(3)29)24(5)23(4,10-11-25(36-24)12-19(30)32-14-25)18-8-7-9-26(15-33-26)27(18,21)13-28/h6,13,18,20-21H,7-12,14-15H2,1-5H3/b16-6+/t18-,20+,21+,23-,24+,25-,26+,27+/m1/s1. The molecular weight excluding hydrogens is 468 g/mol. The van der Waals surface area contributed by atoms with E-state index in [1.807, 2.05) is 6.92 Å². The zero-order valence-corrected chi connectivity index (χ0v) is 21.7. The average molecular weight is 505 g/mol. The van der Waals surface area contributed by atoms with Gasteiger partial charge in [0.05, 0.1) is 13.0 Å². The lowest BCUT2D eigenvalue weighted by Gasteiger charge is -2.69. The van der Waals surface area contributed by atoms with Crippen LogP contribution in [0.25, 0.3) is 0 Å². The number of epoxide rings is 1. The normalized spacial score (nSPS) is 47.5. The van der Waals surface area contributed by atoms with E-state index >= 15 is 0 Å². The lowest BCUT2D eigenvalue weighted by molar-refractivity contribution is -0.349. The maximum absolute atomic E-state index is 13.3. The summed E-state index contributed by atoms with van der Waals surface area (Å²) in [4.78, 5) is 51.1. The molecule has 0 aromatic heterocycles. The van der Waals surface area contributed by atoms with Gasteiger partial charge in [0.2, 0.25) is 0 Å². The quantitative estimate of drug-likeness (QED) is 0.187. The number of hydrogen-bond acceptors (Lipinski definition) is 9. The Kier molecular flexibility index (Phi) is 5.73. The Hall–Kier alpha value is -2.26. The first-order valence-corrected chi connectivity index (χ1v) is 12.9. The minimum absolute atomic E-state index is 0.101. The van der Waals surface area contributed by atoms with Crippen LogP contribution >= 0.6 is 0 Å². The number of aldehydes is 1. The summed E-state index contributed by atoms with van der Waals surface area (Å²) in [6, 6.07) is 0. The number of hydrogen-bond donors (Lipinski definition) is 0. The summed E-state index contributed by atoms with van der Waals surface area (Å²) in [5.41, 5.74) is -4.27. The lowest BCUT2D eigenvalue weighted by atomic mass is 9.40. The van der Waals surface area contributed by atoms with Crippen LogP contribution < -0.4 is 0 Å². The number of carbonyl (C=O) groups excluding carboxylic acids is 4. The summed E-state index contributed by atoms with van der Waals surface area (Å²) in [6.45, 7) is 9.11. The second kappa shape index (κ2) is 8.12. The van der Waals surface area contributed by atoms with Crippen LogP contribution in [0.4, 0.5) is 0 Å². The van der Waals surface area contributed by atoms with E-state index in [0.717, 1.165) is 12.7 Å². The fourth-order valence-corrected chi connectivity index (χ4v) is 7.84. The van der Waals surface area contributed by atoms with Gasteiger partial charge in [-0.05, 0) is 52.4 Å². The van der Waals surface area contributed by atoms with Crippen molar-refractivity contribution in [2.75, 3.05) is 13.2 Å². The molecular formula is C27H36O9. The number of esters is 3. The van der Waals surface area contributed by atoms with Crippen LogP contribution in [-0.2, 0) is 42.9 Å². The van der Waals surface area contributed by atoms with Gasteiger partial charge in [0.25, 0.3) is 0 Å². The van der Waals surface area contributed by atoms with Crippen molar-refractivity contribution in [3.8, 4) is 0 Å². The molecule has 0 aromatic rings. The van der Waals surface area contributed by atoms with Crippen molar-refractivity contribution in [3.05, 3.63) is 11.6 Å². The van der Waals surface area contributed by atoms with Gasteiger partial charge in [-0.3, -0.25) is 9.59 Å². The summed E-state index contributed by atoms with van der Waals surface area (Å²) in [7, 11) is 0. The molecule has 36 heavy (non-hydrogen) atoms. The first-order chi connectivity index (χ1) is 16.9. The van der Waals surface area contributed by atoms with Crippen molar-refractivity contribution in [1.82, 2.24) is 0 Å². The highest BCUT2D eigenvalue weighted by Crippen LogP contribution is 2.72. The van der Waals surface area contributed by atoms with Gasteiger partial charge in [-0.15, -0.1) is 0 Å². The van der Waals surface area contributed by atoms with Gasteiger partial charge in [-0.2, -0.15) is 0 Å². The maximum atomic E-state index is 13.3. The topological polar surface area (TPSA) is 118 Å². The molecule has 2 saturated carbocycles. The predicted octanol–water partition coefficient (Wildman–Crippen LogP) is 2.83. The molecule has 9 nitrogen and oxygen atoms in total. The zero-order chi connectivity index (χ0) is 26.1. The number of carbonyl (C=O) groups is 4. The van der Waals surface area contributed by atoms with E-state index in [9.17, 15) is 19.2 Å². The molecule has 2 aliphatic carbocycles. The highest BCUT2D eigenvalue weighted by Gasteiger charge is 2.82. The average Bonchev–Trinajstić information content (AvgIpc) is 3.52. The summed E-state index contributed by atoms with van der Waals surface area (Å²) in [5.74, 6) is -1.75. The Morgan fingerprint density at radius 2 is 1.78 bits per heavy atom. The molecule has 0 N–H and O–H groups in total. The molecule has 5 fully saturated rings. The SMILES string of the molecule is C/C=C(\C)C(=O)O[C@H]1[C@H](OC(C)=O)[C@]2(C)O[C@@]3(CC[C@]2(C)[C@H]2CCC[C@]4(CO4)[C@]12C=O)COC(=O)C3. The van der Waals surface area contributed by atoms with E-state index < -0.39 is 51.8 Å². The number of allylic oxidation sites excluding steroid dienone is 1. The van der Waals surface area contributed by atoms with Crippen LogP contribution in [0.3, 0.4) is 0 Å². The van der Waals surface area contributed by atoms with E-state index in [-0.39, 0.29) is 24.9 Å². The van der Waals surface area contributed by atoms with Gasteiger partial charge in [-0.25, -0.2) is 4.79 Å². The number of fused-ring (bicyclic) bond motifs is 4. The van der Waals surface area contributed by atoms with Gasteiger partial charge in [-0.1, -0.05) is 19.4 Å². The summed E-state index contributed by atoms with van der Waals surface area (Å²) < 4.78 is 30.3. The molecule has 0 radical (unpaired) electrons. The van der Waals surface area contributed by atoms with Gasteiger partial charge in [0.15, 0.2) is 12.2 Å². The Morgan fingerprint density at radius 1 is 1.06 bits per heavy atom. The van der Waals surface area contributed by atoms with Crippen molar-refractivity contribution >= 4 is 24.2 Å². The minimum Gasteiger partial charge on any atom is -0.463 e. The van der Waals surface area contributed by atoms with Crippen LogP contribution in [0.15, 0.2) is 11.6 Å². The Balaban J connectivity index is 1.71. The highest BCUT2D eigenvalue weighted by atomic mass is 16.6. The summed E-state index contributed by atoms with van der Waals surface area (Å²) >= 11 is 0. The van der Waals surface area contributed by atoms with Crippen molar-refractivity contribution in [1.29, 1.82) is 0 Å². The number of ether oxygens (including phenoxy) is 5. The van der Waals surface area contributed by atoms with Crippen LogP contribution in [-0.4, -0.2) is 66.4 Å². The Labute approximate surface area is 211 Å². The van der Waals surface area contributed by atoms with E-state index in [1.54, 1.807) is 19.9 Å². The van der Waals surface area contributed by atoms with Crippen molar-refractivity contribution in [2.24, 2.45) is 16.7 Å². The van der Waals surface area contributed by atoms with Crippen LogP contribution in [0, 0.1) is 16.7 Å². The molecule has 0 unspecified atom stereocenters. The molecule has 5 rings (SSSR count). The monoisotopic (exact) mass is 504 g/mol. The molecule has 0 aromatic carbocycles. The molecule has 8 atom stereocenters. The Bertz CT molecular complexity index is 1030. The molecule has 0 bridgehead atoms. The van der Waals surface area contributed by atoms with E-state index in [1.165, 1.54) is 6.92 Å². The number of rotatable bonds is 4. The third-order valence-electron chi connectivity index (χ3n) is 10.1. The van der Waals surface area contributed by atoms with Crippen LogP contribution in [0.5, 0.6) is 0 Å². The third-order valence-corrected chi connectivity index (χ3v) is 10.1. The lowest BCUT2D eigenvalue weighted by Crippen LogP contribution is -2.80.